The number of aryl methyl sites for hydroxylation is 1. The van der Waals surface area contributed by atoms with Crippen LogP contribution in [0.2, 0.25) is 0 Å². The summed E-state index contributed by atoms with van der Waals surface area (Å²) in [5, 5.41) is 8.67. The number of carbonyl (C=O) groups is 2. The molecule has 0 spiro atoms. The first-order valence-electron chi connectivity index (χ1n) is 10.4. The molecule has 9 nitrogen and oxygen atoms in total. The van der Waals surface area contributed by atoms with Crippen LogP contribution >= 0.6 is 0 Å². The highest BCUT2D eigenvalue weighted by atomic mass is 16.5. The van der Waals surface area contributed by atoms with E-state index >= 15 is 0 Å². The first-order valence-corrected chi connectivity index (χ1v) is 10.4. The van der Waals surface area contributed by atoms with Crippen LogP contribution in [0.25, 0.3) is 0 Å². The highest BCUT2D eigenvalue weighted by molar-refractivity contribution is 5.73. The van der Waals surface area contributed by atoms with E-state index in [4.69, 9.17) is 4.74 Å². The summed E-state index contributed by atoms with van der Waals surface area (Å²) in [7, 11) is 1.68. The molecule has 0 bridgehead atoms. The van der Waals surface area contributed by atoms with Gasteiger partial charge in [0, 0.05) is 44.2 Å². The van der Waals surface area contributed by atoms with Gasteiger partial charge >= 0.3 is 6.09 Å². The largest absolute Gasteiger partial charge is 0.449 e. The Balaban J connectivity index is 1.86. The normalized spacial score (nSPS) is 22.8. The lowest BCUT2D eigenvalue weighted by molar-refractivity contribution is -0.120. The molecule has 2 unspecified atom stereocenters. The monoisotopic (exact) mass is 421 g/mol. The third-order valence-corrected chi connectivity index (χ3v) is 5.56. The van der Waals surface area contributed by atoms with Gasteiger partial charge in [-0.15, -0.1) is 0 Å². The lowest BCUT2D eigenvalue weighted by Crippen LogP contribution is -2.50. The van der Waals surface area contributed by atoms with Crippen molar-refractivity contribution in [1.82, 2.24) is 20.6 Å². The summed E-state index contributed by atoms with van der Waals surface area (Å²) >= 11 is 0. The molecule has 30 heavy (non-hydrogen) atoms. The van der Waals surface area contributed by atoms with Gasteiger partial charge in [-0.1, -0.05) is 20.8 Å². The lowest BCUT2D eigenvalue weighted by atomic mass is 9.62. The van der Waals surface area contributed by atoms with Crippen molar-refractivity contribution in [2.24, 2.45) is 10.8 Å². The second-order valence-electron chi connectivity index (χ2n) is 9.44. The van der Waals surface area contributed by atoms with Gasteiger partial charge in [0.15, 0.2) is 0 Å². The highest BCUT2D eigenvalue weighted by Gasteiger charge is 2.41. The lowest BCUT2D eigenvalue weighted by Gasteiger charge is -2.46. The first kappa shape index (κ1) is 23.7. The van der Waals surface area contributed by atoms with Crippen LogP contribution in [-0.4, -0.2) is 48.2 Å². The van der Waals surface area contributed by atoms with Gasteiger partial charge in [-0.25, -0.2) is 4.79 Å². The zero-order valence-electron chi connectivity index (χ0n) is 18.9. The number of hydrogen-bond acceptors (Lipinski definition) is 6. The van der Waals surface area contributed by atoms with E-state index in [0.29, 0.717) is 30.2 Å². The Hall–Kier alpha value is -2.58. The number of nitrogens with one attached hydrogen (secondary N) is 4. The van der Waals surface area contributed by atoms with Gasteiger partial charge in [0.1, 0.15) is 0 Å². The van der Waals surface area contributed by atoms with Crippen molar-refractivity contribution in [2.75, 3.05) is 25.5 Å². The summed E-state index contributed by atoms with van der Waals surface area (Å²) in [5.41, 5.74) is 0.788. The Labute approximate surface area is 177 Å². The van der Waals surface area contributed by atoms with E-state index < -0.39 is 6.09 Å². The Kier molecular flexibility index (Phi) is 7.49. The molecule has 9 heteroatoms. The minimum absolute atomic E-state index is 0.0325. The third kappa shape index (κ3) is 6.74. The average molecular weight is 422 g/mol. The van der Waals surface area contributed by atoms with Crippen LogP contribution in [0, 0.1) is 17.8 Å². The summed E-state index contributed by atoms with van der Waals surface area (Å²) in [6, 6.07) is 0.0943. The number of aromatic nitrogens is 2. The number of amides is 2. The van der Waals surface area contributed by atoms with Crippen molar-refractivity contribution in [1.29, 1.82) is 0 Å². The second kappa shape index (κ2) is 9.49. The number of hydrogen-bond donors (Lipinski definition) is 4. The van der Waals surface area contributed by atoms with Gasteiger partial charge in [-0.2, -0.15) is 4.98 Å². The molecule has 168 valence electrons. The molecule has 0 aliphatic heterocycles. The molecule has 0 aromatic carbocycles. The molecule has 2 amide bonds. The maximum absolute atomic E-state index is 12.2. The standard InChI is InChI=1S/C21H35N5O4/c1-13-16(17(28)26-18(22-6)24-13)7-8-30-19(29)23-12-21(5)10-15(25-14(2)27)9-20(3,4)11-21/h15H,7-12H2,1-6H3,(H,23,29)(H,25,27)(H2,22,24,26,28). The number of anilines is 1. The molecule has 0 radical (unpaired) electrons. The molecule has 1 aromatic heterocycles. The van der Waals surface area contributed by atoms with Crippen molar-refractivity contribution in [3.63, 3.8) is 0 Å². The Bertz CT molecular complexity index is 835. The number of nitrogens with zero attached hydrogens (tertiary/aromatic N) is 1. The van der Waals surface area contributed by atoms with Crippen molar-refractivity contribution < 1.29 is 14.3 Å². The topological polar surface area (TPSA) is 125 Å². The van der Waals surface area contributed by atoms with E-state index in [1.165, 1.54) is 6.92 Å². The summed E-state index contributed by atoms with van der Waals surface area (Å²) in [4.78, 5) is 42.6. The maximum Gasteiger partial charge on any atom is 0.407 e. The predicted molar refractivity (Wildman–Crippen MR) is 116 cm³/mol. The van der Waals surface area contributed by atoms with Gasteiger partial charge in [0.25, 0.3) is 5.56 Å². The number of aromatic amines is 1. The van der Waals surface area contributed by atoms with Crippen LogP contribution in [0.4, 0.5) is 10.7 Å². The van der Waals surface area contributed by atoms with Crippen LogP contribution in [-0.2, 0) is 16.0 Å². The van der Waals surface area contributed by atoms with Crippen LogP contribution in [0.1, 0.15) is 58.2 Å². The van der Waals surface area contributed by atoms with E-state index in [9.17, 15) is 14.4 Å². The fraction of sp³-hybridized carbons (Fsp3) is 0.714. The van der Waals surface area contributed by atoms with Crippen molar-refractivity contribution >= 4 is 17.9 Å². The minimum Gasteiger partial charge on any atom is -0.449 e. The predicted octanol–water partition coefficient (Wildman–Crippen LogP) is 2.11. The van der Waals surface area contributed by atoms with Gasteiger partial charge in [0.05, 0.1) is 6.61 Å². The number of ether oxygens (including phenoxy) is 1. The average Bonchev–Trinajstić information content (AvgIpc) is 2.59. The van der Waals surface area contributed by atoms with E-state index in [-0.39, 0.29) is 34.9 Å². The fourth-order valence-corrected chi connectivity index (χ4v) is 4.76. The summed E-state index contributed by atoms with van der Waals surface area (Å²) < 4.78 is 5.28. The molecule has 2 rings (SSSR count). The van der Waals surface area contributed by atoms with Crippen molar-refractivity contribution in [2.45, 2.75) is 66.3 Å². The van der Waals surface area contributed by atoms with Crippen LogP contribution in [0.3, 0.4) is 0 Å². The molecule has 2 atom stereocenters. The molecule has 1 fully saturated rings. The number of rotatable bonds is 7. The molecule has 4 N–H and O–H groups in total. The van der Waals surface area contributed by atoms with Gasteiger partial charge in [-0.05, 0) is 37.0 Å². The van der Waals surface area contributed by atoms with Crippen LogP contribution in [0.5, 0.6) is 0 Å². The maximum atomic E-state index is 12.2. The number of alkyl carbamates (subject to hydrolysis) is 1. The molecule has 1 heterocycles. The molecule has 1 aliphatic carbocycles. The minimum atomic E-state index is -0.510. The first-order chi connectivity index (χ1) is 13.9. The van der Waals surface area contributed by atoms with Crippen molar-refractivity contribution in [3.05, 3.63) is 21.6 Å². The fourth-order valence-electron chi connectivity index (χ4n) is 4.76. The smallest absolute Gasteiger partial charge is 0.407 e. The van der Waals surface area contributed by atoms with Gasteiger partial charge in [-0.3, -0.25) is 9.59 Å². The quantitative estimate of drug-likeness (QED) is 0.534. The Morgan fingerprint density at radius 2 is 1.97 bits per heavy atom. The van der Waals surface area contributed by atoms with Crippen molar-refractivity contribution in [3.8, 4) is 0 Å². The molecule has 1 aliphatic rings. The number of H-pyrrole nitrogens is 1. The van der Waals surface area contributed by atoms with E-state index in [0.717, 1.165) is 19.3 Å². The second-order valence-corrected chi connectivity index (χ2v) is 9.44. The molecular formula is C21H35N5O4. The Morgan fingerprint density at radius 3 is 2.57 bits per heavy atom. The van der Waals surface area contributed by atoms with Crippen LogP contribution in [0.15, 0.2) is 4.79 Å². The van der Waals surface area contributed by atoms with E-state index in [2.05, 4.69) is 46.7 Å². The summed E-state index contributed by atoms with van der Waals surface area (Å²) in [5.74, 6) is 0.371. The SMILES string of the molecule is CNc1nc(=O)c(CCOC(=O)NCC2(C)CC(NC(C)=O)CC(C)(C)C2)c(C)[nH]1. The molecule has 1 saturated carbocycles. The molecule has 1 aromatic rings. The third-order valence-electron chi connectivity index (χ3n) is 5.56. The van der Waals surface area contributed by atoms with E-state index in [1.54, 1.807) is 14.0 Å². The Morgan fingerprint density at radius 1 is 1.27 bits per heavy atom. The van der Waals surface area contributed by atoms with Crippen LogP contribution < -0.4 is 21.5 Å². The van der Waals surface area contributed by atoms with Gasteiger partial charge < -0.3 is 25.7 Å². The van der Waals surface area contributed by atoms with E-state index in [1.807, 2.05) is 0 Å². The molecular weight excluding hydrogens is 386 g/mol. The highest BCUT2D eigenvalue weighted by Crippen LogP contribution is 2.45. The zero-order valence-corrected chi connectivity index (χ0v) is 18.9. The van der Waals surface area contributed by atoms with Gasteiger partial charge in [0.2, 0.25) is 11.9 Å². The molecule has 0 saturated heterocycles. The summed E-state index contributed by atoms with van der Waals surface area (Å²) in [6.07, 6.45) is 2.44. The summed E-state index contributed by atoms with van der Waals surface area (Å²) in [6.45, 7) is 10.4. The number of carbonyl (C=O) groups excluding carboxylic acids is 2. The zero-order chi connectivity index (χ0) is 22.5.